The molecule has 10 heteroatoms. The molecule has 0 radical (unpaired) electrons. The molecule has 2 amide bonds. The number of nitrogens with one attached hydrogen (secondary N) is 1. The lowest BCUT2D eigenvalue weighted by molar-refractivity contribution is -0.143. The van der Waals surface area contributed by atoms with Crippen LogP contribution in [0.15, 0.2) is 12.1 Å². The topological polar surface area (TPSA) is 140 Å². The SMILES string of the molecule is CC(C)(C)OC(=O)N[C@@H](c1cc(Cl)c(CO)cc1O)C1CCN(C(=O)[C@H](O)CO)CC1. The molecule has 0 spiro atoms. The minimum Gasteiger partial charge on any atom is -0.508 e. The number of carbonyl (C=O) groups excluding carboxylic acids is 2. The highest BCUT2D eigenvalue weighted by Crippen LogP contribution is 2.38. The maximum absolute atomic E-state index is 12.5. The summed E-state index contributed by atoms with van der Waals surface area (Å²) in [7, 11) is 0. The molecule has 174 valence electrons. The van der Waals surface area contributed by atoms with Crippen LogP contribution in [-0.4, -0.2) is 68.7 Å². The maximum atomic E-state index is 12.5. The van der Waals surface area contributed by atoms with E-state index in [2.05, 4.69) is 5.32 Å². The van der Waals surface area contributed by atoms with Crippen LogP contribution in [-0.2, 0) is 16.1 Å². The Morgan fingerprint density at radius 3 is 2.39 bits per heavy atom. The average Bonchev–Trinajstić information content (AvgIpc) is 2.71. The van der Waals surface area contributed by atoms with Gasteiger partial charge in [-0.2, -0.15) is 0 Å². The lowest BCUT2D eigenvalue weighted by atomic mass is 9.84. The fourth-order valence-electron chi connectivity index (χ4n) is 3.62. The van der Waals surface area contributed by atoms with Gasteiger partial charge in [0.1, 0.15) is 11.4 Å². The number of ether oxygens (including phenoxy) is 1. The molecular formula is C21H31ClN2O7. The van der Waals surface area contributed by atoms with Crippen LogP contribution in [0.25, 0.3) is 0 Å². The third-order valence-electron chi connectivity index (χ3n) is 5.15. The van der Waals surface area contributed by atoms with Crippen molar-refractivity contribution >= 4 is 23.6 Å². The number of rotatable bonds is 6. The smallest absolute Gasteiger partial charge is 0.408 e. The van der Waals surface area contributed by atoms with Crippen molar-refractivity contribution in [2.24, 2.45) is 5.92 Å². The fraction of sp³-hybridized carbons (Fsp3) is 0.619. The van der Waals surface area contributed by atoms with Gasteiger partial charge in [0, 0.05) is 23.7 Å². The number of amides is 2. The van der Waals surface area contributed by atoms with E-state index in [-0.39, 0.29) is 23.3 Å². The van der Waals surface area contributed by atoms with E-state index in [4.69, 9.17) is 21.4 Å². The second-order valence-electron chi connectivity index (χ2n) is 8.65. The standard InChI is InChI=1S/C21H31ClN2O7/c1-21(2,3)31-20(30)23-18(14-9-15(22)13(10-25)8-16(14)27)12-4-6-24(7-5-12)19(29)17(28)11-26/h8-9,12,17-18,25-28H,4-7,10-11H2,1-3H3,(H,23,30)/t17-,18-/m1/s1. The second-order valence-corrected chi connectivity index (χ2v) is 9.05. The number of likely N-dealkylation sites (tertiary alicyclic amines) is 1. The number of aliphatic hydroxyl groups is 3. The Bertz CT molecular complexity index is 789. The zero-order valence-corrected chi connectivity index (χ0v) is 18.7. The summed E-state index contributed by atoms with van der Waals surface area (Å²) in [5.74, 6) is -0.829. The average molecular weight is 459 g/mol. The molecule has 31 heavy (non-hydrogen) atoms. The van der Waals surface area contributed by atoms with Crippen LogP contribution in [0.2, 0.25) is 5.02 Å². The van der Waals surface area contributed by atoms with Crippen molar-refractivity contribution in [1.29, 1.82) is 0 Å². The van der Waals surface area contributed by atoms with Gasteiger partial charge in [0.15, 0.2) is 6.10 Å². The molecule has 1 aliphatic heterocycles. The monoisotopic (exact) mass is 458 g/mol. The zero-order valence-electron chi connectivity index (χ0n) is 18.0. The van der Waals surface area contributed by atoms with E-state index >= 15 is 0 Å². The van der Waals surface area contributed by atoms with Crippen LogP contribution in [0.4, 0.5) is 4.79 Å². The van der Waals surface area contributed by atoms with Crippen LogP contribution >= 0.6 is 11.6 Å². The molecule has 1 saturated heterocycles. The predicted molar refractivity (Wildman–Crippen MR) is 114 cm³/mol. The van der Waals surface area contributed by atoms with Gasteiger partial charge < -0.3 is 35.4 Å². The van der Waals surface area contributed by atoms with E-state index in [0.717, 1.165) is 0 Å². The number of aliphatic hydroxyl groups excluding tert-OH is 3. The quantitative estimate of drug-likeness (QED) is 0.437. The molecule has 5 N–H and O–H groups in total. The summed E-state index contributed by atoms with van der Waals surface area (Å²) in [5, 5.41) is 41.6. The maximum Gasteiger partial charge on any atom is 0.408 e. The summed E-state index contributed by atoms with van der Waals surface area (Å²) in [6.45, 7) is 4.86. The lowest BCUT2D eigenvalue weighted by Crippen LogP contribution is -2.47. The molecule has 2 rings (SSSR count). The van der Waals surface area contributed by atoms with Crippen LogP contribution in [0.1, 0.15) is 50.8 Å². The predicted octanol–water partition coefficient (Wildman–Crippen LogP) is 1.70. The molecule has 0 unspecified atom stereocenters. The van der Waals surface area contributed by atoms with Crippen LogP contribution in [0, 0.1) is 5.92 Å². The van der Waals surface area contributed by atoms with E-state index in [1.54, 1.807) is 20.8 Å². The molecule has 0 aliphatic carbocycles. The number of alkyl carbamates (subject to hydrolysis) is 1. The van der Waals surface area contributed by atoms with Crippen molar-refractivity contribution < 1.29 is 34.8 Å². The highest BCUT2D eigenvalue weighted by Gasteiger charge is 2.34. The highest BCUT2D eigenvalue weighted by molar-refractivity contribution is 6.31. The third kappa shape index (κ3) is 6.70. The van der Waals surface area contributed by atoms with Crippen LogP contribution in [0.5, 0.6) is 5.75 Å². The van der Waals surface area contributed by atoms with Crippen LogP contribution < -0.4 is 5.32 Å². The summed E-state index contributed by atoms with van der Waals surface area (Å²) in [5.41, 5.74) is 0.0243. The summed E-state index contributed by atoms with van der Waals surface area (Å²) >= 11 is 6.22. The zero-order chi connectivity index (χ0) is 23.3. The Balaban J connectivity index is 2.26. The normalized spacial score (nSPS) is 17.2. The van der Waals surface area contributed by atoms with Gasteiger partial charge in [-0.15, -0.1) is 0 Å². The molecule has 1 aliphatic rings. The van der Waals surface area contributed by atoms with Gasteiger partial charge in [0.05, 0.1) is 19.3 Å². The number of hydrogen-bond acceptors (Lipinski definition) is 7. The number of phenolic OH excluding ortho intramolecular Hbond substituents is 1. The van der Waals surface area contributed by atoms with Crippen molar-refractivity contribution in [1.82, 2.24) is 10.2 Å². The van der Waals surface area contributed by atoms with Gasteiger partial charge in [-0.1, -0.05) is 11.6 Å². The summed E-state index contributed by atoms with van der Waals surface area (Å²) in [6, 6.07) is 2.22. The molecule has 0 bridgehead atoms. The molecule has 1 fully saturated rings. The molecule has 2 atom stereocenters. The Morgan fingerprint density at radius 2 is 1.87 bits per heavy atom. The van der Waals surface area contributed by atoms with E-state index in [0.29, 0.717) is 37.1 Å². The minimum absolute atomic E-state index is 0.122. The number of phenols is 1. The summed E-state index contributed by atoms with van der Waals surface area (Å²) in [6.07, 6.45) is -1.17. The fourth-order valence-corrected chi connectivity index (χ4v) is 3.85. The Hall–Kier alpha value is -2.07. The van der Waals surface area contributed by atoms with E-state index < -0.39 is 36.4 Å². The first kappa shape index (κ1) is 25.2. The first-order chi connectivity index (χ1) is 14.5. The Morgan fingerprint density at radius 1 is 1.26 bits per heavy atom. The van der Waals surface area contributed by atoms with Gasteiger partial charge >= 0.3 is 6.09 Å². The first-order valence-electron chi connectivity index (χ1n) is 10.2. The summed E-state index contributed by atoms with van der Waals surface area (Å²) in [4.78, 5) is 26.1. The van der Waals surface area contributed by atoms with E-state index in [1.807, 2.05) is 0 Å². The van der Waals surface area contributed by atoms with Crippen molar-refractivity contribution in [2.45, 2.75) is 58.0 Å². The largest absolute Gasteiger partial charge is 0.508 e. The molecular weight excluding hydrogens is 428 g/mol. The Labute approximate surface area is 186 Å². The summed E-state index contributed by atoms with van der Waals surface area (Å²) < 4.78 is 5.37. The molecule has 9 nitrogen and oxygen atoms in total. The van der Waals surface area contributed by atoms with E-state index in [9.17, 15) is 24.9 Å². The third-order valence-corrected chi connectivity index (χ3v) is 5.51. The van der Waals surface area contributed by atoms with Crippen LogP contribution in [0.3, 0.4) is 0 Å². The van der Waals surface area contributed by atoms with Crippen molar-refractivity contribution in [3.05, 3.63) is 28.3 Å². The van der Waals surface area contributed by atoms with E-state index in [1.165, 1.54) is 17.0 Å². The van der Waals surface area contributed by atoms with Crippen molar-refractivity contribution in [3.8, 4) is 5.75 Å². The first-order valence-corrected chi connectivity index (χ1v) is 10.5. The number of benzene rings is 1. The lowest BCUT2D eigenvalue weighted by Gasteiger charge is -2.37. The van der Waals surface area contributed by atoms with Crippen molar-refractivity contribution in [3.63, 3.8) is 0 Å². The molecule has 1 heterocycles. The number of carbonyl (C=O) groups is 2. The number of hydrogen-bond donors (Lipinski definition) is 5. The minimum atomic E-state index is -1.46. The van der Waals surface area contributed by atoms with Gasteiger partial charge in [-0.05, 0) is 57.2 Å². The molecule has 1 aromatic carbocycles. The van der Waals surface area contributed by atoms with Gasteiger partial charge in [0.2, 0.25) is 0 Å². The van der Waals surface area contributed by atoms with Gasteiger partial charge in [-0.25, -0.2) is 4.79 Å². The second kappa shape index (κ2) is 10.5. The number of aromatic hydroxyl groups is 1. The Kier molecular flexibility index (Phi) is 8.53. The number of halogens is 1. The molecule has 0 saturated carbocycles. The molecule has 0 aromatic heterocycles. The highest BCUT2D eigenvalue weighted by atomic mass is 35.5. The van der Waals surface area contributed by atoms with Gasteiger partial charge in [-0.3, -0.25) is 4.79 Å². The molecule has 1 aromatic rings. The van der Waals surface area contributed by atoms with Gasteiger partial charge in [0.25, 0.3) is 5.91 Å². The number of piperidine rings is 1. The van der Waals surface area contributed by atoms with Crippen molar-refractivity contribution in [2.75, 3.05) is 19.7 Å². The number of nitrogens with zero attached hydrogens (tertiary/aromatic N) is 1.